The molecular formula is C21H37NO3. The summed E-state index contributed by atoms with van der Waals surface area (Å²) < 4.78 is 0. The van der Waals surface area contributed by atoms with Crippen LogP contribution in [0.15, 0.2) is 0 Å². The van der Waals surface area contributed by atoms with E-state index in [9.17, 15) is 9.59 Å². The molecule has 3 saturated carbocycles. The quantitative estimate of drug-likeness (QED) is 0.710. The molecule has 0 spiro atoms. The fraction of sp³-hybridized carbons (Fsp3) is 0.905. The van der Waals surface area contributed by atoms with E-state index in [2.05, 4.69) is 33.0 Å². The summed E-state index contributed by atoms with van der Waals surface area (Å²) in [6.45, 7) is 8.90. The van der Waals surface area contributed by atoms with Crippen molar-refractivity contribution in [3.63, 3.8) is 0 Å². The number of carboxylic acids is 1. The first kappa shape index (κ1) is 20.3. The molecule has 1 amide bonds. The van der Waals surface area contributed by atoms with Gasteiger partial charge in [-0.2, -0.15) is 0 Å². The number of carboxylic acid groups (broad SMARTS) is 1. The molecule has 3 aliphatic rings. The van der Waals surface area contributed by atoms with Gasteiger partial charge in [0.25, 0.3) is 0 Å². The van der Waals surface area contributed by atoms with Gasteiger partial charge in [0.15, 0.2) is 0 Å². The number of hydrogen-bond donors (Lipinski definition) is 2. The predicted molar refractivity (Wildman–Crippen MR) is 100 cm³/mol. The zero-order valence-corrected chi connectivity index (χ0v) is 16.5. The van der Waals surface area contributed by atoms with Gasteiger partial charge in [0, 0.05) is 12.0 Å². The molecule has 3 aliphatic carbocycles. The molecule has 0 aromatic heterocycles. The molecule has 0 atom stereocenters. The van der Waals surface area contributed by atoms with Gasteiger partial charge in [-0.15, -0.1) is 0 Å². The predicted octanol–water partition coefficient (Wildman–Crippen LogP) is 4.48. The molecule has 0 aromatic carbocycles. The van der Waals surface area contributed by atoms with Crippen molar-refractivity contribution in [2.75, 3.05) is 0 Å². The van der Waals surface area contributed by atoms with Crippen LogP contribution in [0, 0.1) is 35.5 Å². The van der Waals surface area contributed by atoms with Gasteiger partial charge in [0.1, 0.15) is 0 Å². The largest absolute Gasteiger partial charge is 0.481 e. The molecule has 3 rings (SSSR count). The minimum absolute atomic E-state index is 0.0289. The number of hydrogen-bond acceptors (Lipinski definition) is 2. The highest BCUT2D eigenvalue weighted by Gasteiger charge is 2.36. The zero-order valence-electron chi connectivity index (χ0n) is 16.5. The van der Waals surface area contributed by atoms with E-state index >= 15 is 0 Å². The molecule has 25 heavy (non-hydrogen) atoms. The van der Waals surface area contributed by atoms with Crippen molar-refractivity contribution in [2.24, 2.45) is 35.5 Å². The maximum atomic E-state index is 11.6. The minimum Gasteiger partial charge on any atom is -0.481 e. The number of amides is 1. The lowest BCUT2D eigenvalue weighted by Gasteiger charge is -2.35. The van der Waals surface area contributed by atoms with Crippen molar-refractivity contribution in [3.05, 3.63) is 0 Å². The first-order chi connectivity index (χ1) is 11.7. The van der Waals surface area contributed by atoms with Gasteiger partial charge in [-0.05, 0) is 75.0 Å². The van der Waals surface area contributed by atoms with Crippen LogP contribution in [0.4, 0.5) is 0 Å². The van der Waals surface area contributed by atoms with Crippen LogP contribution in [0.1, 0.15) is 79.1 Å². The molecular weight excluding hydrogens is 314 g/mol. The molecule has 0 saturated heterocycles. The number of rotatable bonds is 7. The summed E-state index contributed by atoms with van der Waals surface area (Å²) in [7, 11) is 0. The molecule has 4 heteroatoms. The number of carbonyl (C=O) groups excluding carboxylic acids is 1. The lowest BCUT2D eigenvalue weighted by Crippen LogP contribution is -2.40. The second-order valence-electron chi connectivity index (χ2n) is 9.45. The summed E-state index contributed by atoms with van der Waals surface area (Å²) in [5, 5.41) is 11.7. The summed E-state index contributed by atoms with van der Waals surface area (Å²) >= 11 is 0. The van der Waals surface area contributed by atoms with E-state index in [1.54, 1.807) is 0 Å². The van der Waals surface area contributed by atoms with Gasteiger partial charge in [0.2, 0.25) is 5.91 Å². The summed E-state index contributed by atoms with van der Waals surface area (Å²) in [5.74, 6) is 3.05. The van der Waals surface area contributed by atoms with E-state index in [0.717, 1.165) is 43.4 Å². The standard InChI is InChI=1S/C12H21NO.C9H16O2/c1-8(2)5-9-6-10(7-9)12(14)13-11-3-4-11;1-6(2)3-7-4-8(5-7)9(10)11/h8-11H,3-7H2,1-2H3,(H,13,14);6-8H,3-5H2,1-2H3,(H,10,11). The van der Waals surface area contributed by atoms with Crippen molar-refractivity contribution in [2.45, 2.75) is 85.1 Å². The van der Waals surface area contributed by atoms with Crippen LogP contribution >= 0.6 is 0 Å². The maximum Gasteiger partial charge on any atom is 0.306 e. The molecule has 4 nitrogen and oxygen atoms in total. The van der Waals surface area contributed by atoms with E-state index in [0.29, 0.717) is 23.8 Å². The Morgan fingerprint density at radius 3 is 1.68 bits per heavy atom. The molecule has 0 heterocycles. The molecule has 0 aliphatic heterocycles. The highest BCUT2D eigenvalue weighted by atomic mass is 16.4. The van der Waals surface area contributed by atoms with Crippen LogP contribution < -0.4 is 5.32 Å². The highest BCUT2D eigenvalue weighted by Crippen LogP contribution is 2.39. The van der Waals surface area contributed by atoms with Crippen molar-refractivity contribution >= 4 is 11.9 Å². The smallest absolute Gasteiger partial charge is 0.306 e. The number of aliphatic carboxylic acids is 1. The van der Waals surface area contributed by atoms with Gasteiger partial charge in [-0.3, -0.25) is 9.59 Å². The molecule has 3 fully saturated rings. The van der Waals surface area contributed by atoms with Crippen LogP contribution in [-0.4, -0.2) is 23.0 Å². The molecule has 144 valence electrons. The van der Waals surface area contributed by atoms with Crippen LogP contribution in [0.3, 0.4) is 0 Å². The third kappa shape index (κ3) is 6.99. The first-order valence-electron chi connectivity index (χ1n) is 10.3. The Hall–Kier alpha value is -1.06. The second kappa shape index (κ2) is 9.05. The number of nitrogens with one attached hydrogen (secondary N) is 1. The van der Waals surface area contributed by atoms with E-state index in [1.165, 1.54) is 25.7 Å². The van der Waals surface area contributed by atoms with E-state index in [1.807, 2.05) is 0 Å². The molecule has 0 bridgehead atoms. The van der Waals surface area contributed by atoms with Crippen molar-refractivity contribution in [1.82, 2.24) is 5.32 Å². The normalized spacial score (nSPS) is 30.8. The van der Waals surface area contributed by atoms with Gasteiger partial charge in [-0.25, -0.2) is 0 Å². The van der Waals surface area contributed by atoms with E-state index in [-0.39, 0.29) is 5.92 Å². The highest BCUT2D eigenvalue weighted by molar-refractivity contribution is 5.80. The Balaban J connectivity index is 0.000000186. The van der Waals surface area contributed by atoms with Gasteiger partial charge in [-0.1, -0.05) is 27.7 Å². The van der Waals surface area contributed by atoms with Crippen molar-refractivity contribution in [3.8, 4) is 0 Å². The molecule has 2 N–H and O–H groups in total. The summed E-state index contributed by atoms with van der Waals surface area (Å²) in [5.41, 5.74) is 0. The maximum absolute atomic E-state index is 11.6. The van der Waals surface area contributed by atoms with Crippen molar-refractivity contribution in [1.29, 1.82) is 0 Å². The minimum atomic E-state index is -0.606. The van der Waals surface area contributed by atoms with Gasteiger partial charge < -0.3 is 10.4 Å². The monoisotopic (exact) mass is 351 g/mol. The molecule has 0 radical (unpaired) electrons. The Labute approximate surface area is 153 Å². The van der Waals surface area contributed by atoms with E-state index in [4.69, 9.17) is 5.11 Å². The van der Waals surface area contributed by atoms with Crippen molar-refractivity contribution < 1.29 is 14.7 Å². The SMILES string of the molecule is CC(C)CC1CC(C(=O)NC2CC2)C1.CC(C)CC1CC(C(=O)O)C1. The van der Waals surface area contributed by atoms with Gasteiger partial charge in [0.05, 0.1) is 5.92 Å². The van der Waals surface area contributed by atoms with Crippen LogP contribution in [-0.2, 0) is 9.59 Å². The summed E-state index contributed by atoms with van der Waals surface area (Å²) in [6, 6.07) is 0.534. The molecule has 0 aromatic rings. The third-order valence-electron chi connectivity index (χ3n) is 5.72. The topological polar surface area (TPSA) is 66.4 Å². The Morgan fingerprint density at radius 2 is 1.32 bits per heavy atom. The summed E-state index contributed by atoms with van der Waals surface area (Å²) in [6.07, 6.45) is 8.99. The Morgan fingerprint density at radius 1 is 0.880 bits per heavy atom. The average Bonchev–Trinajstić information content (AvgIpc) is 3.20. The Bertz CT molecular complexity index is 444. The second-order valence-corrected chi connectivity index (χ2v) is 9.45. The van der Waals surface area contributed by atoms with Crippen LogP contribution in [0.2, 0.25) is 0 Å². The lowest BCUT2D eigenvalue weighted by molar-refractivity contribution is -0.146. The van der Waals surface area contributed by atoms with Crippen LogP contribution in [0.25, 0.3) is 0 Å². The summed E-state index contributed by atoms with van der Waals surface area (Å²) in [4.78, 5) is 22.0. The third-order valence-corrected chi connectivity index (χ3v) is 5.72. The fourth-order valence-electron chi connectivity index (χ4n) is 4.15. The van der Waals surface area contributed by atoms with E-state index < -0.39 is 5.97 Å². The lowest BCUT2D eigenvalue weighted by atomic mass is 9.71. The van der Waals surface area contributed by atoms with Crippen LogP contribution in [0.5, 0.6) is 0 Å². The van der Waals surface area contributed by atoms with Gasteiger partial charge >= 0.3 is 5.97 Å². The Kier molecular flexibility index (Phi) is 7.33. The zero-order chi connectivity index (χ0) is 18.6. The number of carbonyl (C=O) groups is 2. The first-order valence-corrected chi connectivity index (χ1v) is 10.3. The average molecular weight is 352 g/mol. The molecule has 0 unspecified atom stereocenters. The fourth-order valence-corrected chi connectivity index (χ4v) is 4.15.